The summed E-state index contributed by atoms with van der Waals surface area (Å²) >= 11 is 0. The predicted molar refractivity (Wildman–Crippen MR) is 109 cm³/mol. The summed E-state index contributed by atoms with van der Waals surface area (Å²) in [5.74, 6) is 0.655. The molecule has 0 fully saturated rings. The lowest BCUT2D eigenvalue weighted by atomic mass is 10.0. The predicted octanol–water partition coefficient (Wildman–Crippen LogP) is 5.08. The fourth-order valence-corrected chi connectivity index (χ4v) is 2.82. The van der Waals surface area contributed by atoms with Crippen LogP contribution in [0.4, 0.5) is 0 Å². The number of rotatable bonds is 7. The van der Waals surface area contributed by atoms with Gasteiger partial charge in [0.2, 0.25) is 0 Å². The van der Waals surface area contributed by atoms with Crippen LogP contribution in [0.15, 0.2) is 67.0 Å². The smallest absolute Gasteiger partial charge is 0.159 e. The molecule has 4 heteroatoms. The molecule has 4 nitrogen and oxygen atoms in total. The lowest BCUT2D eigenvalue weighted by molar-refractivity contribution is 0.182. The zero-order valence-corrected chi connectivity index (χ0v) is 15.4. The largest absolute Gasteiger partial charge is 0.505 e. The molecule has 0 spiro atoms. The third kappa shape index (κ3) is 5.50. The van der Waals surface area contributed by atoms with Crippen LogP contribution in [0, 0.1) is 0 Å². The molecule has 138 valence electrons. The number of benzene rings is 2. The second-order valence-corrected chi connectivity index (χ2v) is 6.65. The number of nitrogens with zero attached hydrogens (tertiary/aromatic N) is 2. The van der Waals surface area contributed by atoms with Gasteiger partial charge in [-0.1, -0.05) is 60.7 Å². The lowest BCUT2D eigenvalue weighted by Crippen LogP contribution is -1.97. The van der Waals surface area contributed by atoms with Gasteiger partial charge in [0, 0.05) is 5.56 Å². The van der Waals surface area contributed by atoms with Crippen molar-refractivity contribution in [2.45, 2.75) is 32.3 Å². The number of hydrogen-bond donors (Lipinski definition) is 2. The Kier molecular flexibility index (Phi) is 6.34. The van der Waals surface area contributed by atoms with Crippen LogP contribution >= 0.6 is 0 Å². The highest BCUT2D eigenvalue weighted by molar-refractivity contribution is 5.69. The molecule has 3 aromatic rings. The van der Waals surface area contributed by atoms with Crippen LogP contribution in [0.5, 0.6) is 5.75 Å². The topological polar surface area (TPSA) is 66.2 Å². The molecule has 0 aliphatic heterocycles. The summed E-state index contributed by atoms with van der Waals surface area (Å²) in [5.41, 5.74) is 4.37. The zero-order valence-electron chi connectivity index (χ0n) is 15.4. The van der Waals surface area contributed by atoms with Gasteiger partial charge in [0.25, 0.3) is 0 Å². The van der Waals surface area contributed by atoms with Gasteiger partial charge in [0.15, 0.2) is 11.6 Å². The molecule has 1 unspecified atom stereocenters. The molecule has 1 heterocycles. The highest BCUT2D eigenvalue weighted by atomic mass is 16.3. The first-order valence-electron chi connectivity index (χ1n) is 9.18. The van der Waals surface area contributed by atoms with Gasteiger partial charge in [-0.2, -0.15) is 0 Å². The Morgan fingerprint density at radius 1 is 0.889 bits per heavy atom. The van der Waals surface area contributed by atoms with Crippen molar-refractivity contribution in [3.63, 3.8) is 0 Å². The Morgan fingerprint density at radius 3 is 2.04 bits per heavy atom. The van der Waals surface area contributed by atoms with E-state index < -0.39 is 0 Å². The van der Waals surface area contributed by atoms with Crippen molar-refractivity contribution >= 4 is 6.08 Å². The monoisotopic (exact) mass is 360 g/mol. The Bertz CT molecular complexity index is 868. The molecule has 0 amide bonds. The summed E-state index contributed by atoms with van der Waals surface area (Å²) in [6.45, 7) is 1.83. The highest BCUT2D eigenvalue weighted by Gasteiger charge is 2.03. The minimum Gasteiger partial charge on any atom is -0.505 e. The minimum absolute atomic E-state index is 0.0625. The summed E-state index contributed by atoms with van der Waals surface area (Å²) in [5, 5.41) is 18.5. The van der Waals surface area contributed by atoms with E-state index in [0.29, 0.717) is 5.82 Å². The van der Waals surface area contributed by atoms with Crippen molar-refractivity contribution in [3.8, 4) is 28.3 Å². The van der Waals surface area contributed by atoms with Crippen molar-refractivity contribution in [3.05, 3.63) is 72.6 Å². The number of allylic oxidation sites excluding steroid dienone is 1. The molecule has 27 heavy (non-hydrogen) atoms. The van der Waals surface area contributed by atoms with Gasteiger partial charge in [-0.15, -0.1) is 0 Å². The number of aromatic nitrogens is 2. The lowest BCUT2D eigenvalue weighted by Gasteiger charge is -2.05. The second-order valence-electron chi connectivity index (χ2n) is 6.65. The molecule has 0 aliphatic rings. The number of aliphatic hydroxyl groups is 1. The van der Waals surface area contributed by atoms with Crippen molar-refractivity contribution in [2.24, 2.45) is 0 Å². The maximum atomic E-state index is 9.28. The first-order valence-corrected chi connectivity index (χ1v) is 9.18. The summed E-state index contributed by atoms with van der Waals surface area (Å²) in [6, 6.07) is 16.5. The van der Waals surface area contributed by atoms with Crippen molar-refractivity contribution in [1.29, 1.82) is 0 Å². The molecule has 3 rings (SSSR count). The third-order valence-electron chi connectivity index (χ3n) is 4.33. The van der Waals surface area contributed by atoms with E-state index in [4.69, 9.17) is 0 Å². The van der Waals surface area contributed by atoms with Gasteiger partial charge in [0.05, 0.1) is 18.5 Å². The van der Waals surface area contributed by atoms with Gasteiger partial charge in [-0.05, 0) is 42.9 Å². The molecule has 0 saturated heterocycles. The van der Waals surface area contributed by atoms with Gasteiger partial charge in [0.1, 0.15) is 0 Å². The van der Waals surface area contributed by atoms with E-state index in [-0.39, 0.29) is 11.9 Å². The summed E-state index contributed by atoms with van der Waals surface area (Å²) in [7, 11) is 0. The average molecular weight is 360 g/mol. The second kappa shape index (κ2) is 9.10. The number of hydrogen-bond acceptors (Lipinski definition) is 4. The number of unbranched alkanes of at least 4 members (excludes halogenated alkanes) is 1. The van der Waals surface area contributed by atoms with Crippen LogP contribution in [0.1, 0.15) is 31.7 Å². The third-order valence-corrected chi connectivity index (χ3v) is 4.33. The zero-order chi connectivity index (χ0) is 19.1. The first kappa shape index (κ1) is 18.8. The molecule has 0 radical (unpaired) electrons. The Morgan fingerprint density at radius 2 is 1.44 bits per heavy atom. The van der Waals surface area contributed by atoms with E-state index in [1.54, 1.807) is 0 Å². The van der Waals surface area contributed by atoms with Crippen LogP contribution in [-0.4, -0.2) is 26.3 Å². The van der Waals surface area contributed by atoms with Crippen LogP contribution in [0.3, 0.4) is 0 Å². The molecular weight excluding hydrogens is 336 g/mol. The van der Waals surface area contributed by atoms with Gasteiger partial charge in [-0.25, -0.2) is 9.97 Å². The molecule has 2 N–H and O–H groups in total. The quantitative estimate of drug-likeness (QED) is 0.577. The normalized spacial score (nSPS) is 12.4. The van der Waals surface area contributed by atoms with Gasteiger partial charge >= 0.3 is 0 Å². The van der Waals surface area contributed by atoms with Crippen LogP contribution in [0.25, 0.3) is 28.6 Å². The van der Waals surface area contributed by atoms with Crippen LogP contribution in [0.2, 0.25) is 0 Å². The Hall–Kier alpha value is -2.98. The molecule has 0 saturated carbocycles. The van der Waals surface area contributed by atoms with Crippen molar-refractivity contribution in [1.82, 2.24) is 9.97 Å². The maximum absolute atomic E-state index is 9.28. The molecular formula is C23H24N2O2. The first-order chi connectivity index (χ1) is 13.1. The summed E-state index contributed by atoms with van der Waals surface area (Å²) < 4.78 is 0. The molecule has 2 aromatic carbocycles. The summed E-state index contributed by atoms with van der Waals surface area (Å²) in [6.07, 6.45) is 9.68. The highest BCUT2D eigenvalue weighted by Crippen LogP contribution is 2.24. The van der Waals surface area contributed by atoms with Crippen molar-refractivity contribution < 1.29 is 10.2 Å². The number of aliphatic hydroxyl groups excluding tert-OH is 1. The fraction of sp³-hybridized carbons (Fsp3) is 0.217. The SMILES string of the molecule is CC(O)CCC/C=C/c1ccc(-c2ccc(-c3ncc(O)cn3)cc2)cc1. The van der Waals surface area contributed by atoms with Gasteiger partial charge in [-0.3, -0.25) is 0 Å². The van der Waals surface area contributed by atoms with E-state index in [2.05, 4.69) is 46.4 Å². The van der Waals surface area contributed by atoms with Crippen LogP contribution in [-0.2, 0) is 0 Å². The van der Waals surface area contributed by atoms with E-state index in [0.717, 1.165) is 36.0 Å². The average Bonchev–Trinajstić information content (AvgIpc) is 2.69. The summed E-state index contributed by atoms with van der Waals surface area (Å²) in [4.78, 5) is 8.26. The maximum Gasteiger partial charge on any atom is 0.159 e. The fourth-order valence-electron chi connectivity index (χ4n) is 2.82. The van der Waals surface area contributed by atoms with Crippen molar-refractivity contribution in [2.75, 3.05) is 0 Å². The van der Waals surface area contributed by atoms with E-state index in [1.807, 2.05) is 31.2 Å². The number of aromatic hydroxyl groups is 1. The van der Waals surface area contributed by atoms with Gasteiger partial charge < -0.3 is 10.2 Å². The molecule has 0 aliphatic carbocycles. The van der Waals surface area contributed by atoms with Crippen LogP contribution < -0.4 is 0 Å². The minimum atomic E-state index is -0.218. The molecule has 1 aromatic heterocycles. The van der Waals surface area contributed by atoms with E-state index in [9.17, 15) is 10.2 Å². The van der Waals surface area contributed by atoms with E-state index >= 15 is 0 Å². The van der Waals surface area contributed by atoms with E-state index in [1.165, 1.54) is 18.0 Å². The standard InChI is InChI=1S/C23H24N2O2/c1-17(26)5-3-2-4-6-18-7-9-19(10-8-18)20-11-13-21(14-12-20)23-24-15-22(27)16-25-23/h4,6-17,26-27H,2-3,5H2,1H3/b6-4+. The Balaban J connectivity index is 1.63. The molecule has 1 atom stereocenters. The molecule has 0 bridgehead atoms. The Labute approximate surface area is 159 Å².